The number of carbonyl (C=O) groups is 1. The van der Waals surface area contributed by atoms with Crippen LogP contribution in [-0.4, -0.2) is 30.5 Å². The van der Waals surface area contributed by atoms with Gasteiger partial charge in [-0.2, -0.15) is 0 Å². The first-order valence-corrected chi connectivity index (χ1v) is 8.95. The first kappa shape index (κ1) is 17.4. The second-order valence-electron chi connectivity index (χ2n) is 6.73. The summed E-state index contributed by atoms with van der Waals surface area (Å²) >= 11 is 0. The van der Waals surface area contributed by atoms with Crippen molar-refractivity contribution >= 4 is 17.3 Å². The lowest BCUT2D eigenvalue weighted by Gasteiger charge is -2.32. The Morgan fingerprint density at radius 1 is 1.20 bits per heavy atom. The molecule has 0 aliphatic carbocycles. The highest BCUT2D eigenvalue weighted by molar-refractivity contribution is 5.92. The van der Waals surface area contributed by atoms with Crippen LogP contribution in [0.2, 0.25) is 0 Å². The van der Waals surface area contributed by atoms with E-state index in [1.165, 1.54) is 18.5 Å². The third-order valence-electron chi connectivity index (χ3n) is 4.64. The van der Waals surface area contributed by atoms with Crippen LogP contribution in [0.15, 0.2) is 48.8 Å². The highest BCUT2D eigenvalue weighted by Crippen LogP contribution is 2.24. The minimum absolute atomic E-state index is 0.0385. The number of hydrogen-bond donors (Lipinski definition) is 2. The molecule has 1 aliphatic heterocycles. The number of nitrogens with zero attached hydrogens (tertiary/aromatic N) is 2. The van der Waals surface area contributed by atoms with Crippen molar-refractivity contribution in [3.63, 3.8) is 0 Å². The lowest BCUT2D eigenvalue weighted by molar-refractivity contribution is -0.115. The molecule has 132 valence electrons. The summed E-state index contributed by atoms with van der Waals surface area (Å²) < 4.78 is 0. The van der Waals surface area contributed by atoms with Gasteiger partial charge in [0.15, 0.2) is 0 Å². The molecule has 0 saturated carbocycles. The van der Waals surface area contributed by atoms with E-state index in [0.29, 0.717) is 6.54 Å². The lowest BCUT2D eigenvalue weighted by atomic mass is 9.99. The fourth-order valence-electron chi connectivity index (χ4n) is 3.05. The number of benzene rings is 1. The number of aromatic nitrogens is 1. The molecule has 0 bridgehead atoms. The van der Waals surface area contributed by atoms with E-state index in [4.69, 9.17) is 0 Å². The van der Waals surface area contributed by atoms with E-state index in [1.807, 2.05) is 24.3 Å². The third kappa shape index (κ3) is 5.29. The van der Waals surface area contributed by atoms with Gasteiger partial charge < -0.3 is 15.5 Å². The van der Waals surface area contributed by atoms with Crippen molar-refractivity contribution in [2.24, 2.45) is 5.92 Å². The quantitative estimate of drug-likeness (QED) is 0.850. The minimum Gasteiger partial charge on any atom is -0.372 e. The molecule has 0 atom stereocenters. The molecule has 1 saturated heterocycles. The third-order valence-corrected chi connectivity index (χ3v) is 4.64. The second-order valence-corrected chi connectivity index (χ2v) is 6.73. The van der Waals surface area contributed by atoms with Gasteiger partial charge in [-0.1, -0.05) is 13.0 Å². The monoisotopic (exact) mass is 338 g/mol. The van der Waals surface area contributed by atoms with E-state index in [2.05, 4.69) is 39.6 Å². The number of nitrogens with one attached hydrogen (secondary N) is 2. The van der Waals surface area contributed by atoms with Gasteiger partial charge in [0.2, 0.25) is 5.91 Å². The van der Waals surface area contributed by atoms with Gasteiger partial charge in [0.05, 0.1) is 6.54 Å². The van der Waals surface area contributed by atoms with Crippen LogP contribution in [0, 0.1) is 5.92 Å². The van der Waals surface area contributed by atoms with E-state index in [0.717, 1.165) is 30.3 Å². The van der Waals surface area contributed by atoms with Crippen molar-refractivity contribution in [3.05, 3.63) is 54.4 Å². The smallest absolute Gasteiger partial charge is 0.238 e. The molecule has 2 N–H and O–H groups in total. The van der Waals surface area contributed by atoms with Crippen LogP contribution in [0.4, 0.5) is 11.4 Å². The molecule has 3 rings (SSSR count). The Bertz CT molecular complexity index is 664. The number of anilines is 2. The lowest BCUT2D eigenvalue weighted by Crippen LogP contribution is -2.32. The van der Waals surface area contributed by atoms with Crippen molar-refractivity contribution < 1.29 is 4.79 Å². The second kappa shape index (κ2) is 8.62. The average Bonchev–Trinajstić information content (AvgIpc) is 2.64. The molecule has 25 heavy (non-hydrogen) atoms. The minimum atomic E-state index is -0.0385. The summed E-state index contributed by atoms with van der Waals surface area (Å²) in [6, 6.07) is 12.0. The van der Waals surface area contributed by atoms with Crippen LogP contribution in [0.5, 0.6) is 0 Å². The molecule has 1 aromatic carbocycles. The standard InChI is InChI=1S/C20H26N4O/c1-16-8-11-24(12-9-16)19-6-4-18(5-7-19)23-20(25)15-22-14-17-3-2-10-21-13-17/h2-7,10,13,16,22H,8-9,11-12,14-15H2,1H3,(H,23,25). The molecule has 0 spiro atoms. The van der Waals surface area contributed by atoms with Crippen LogP contribution in [0.3, 0.4) is 0 Å². The number of carbonyl (C=O) groups excluding carboxylic acids is 1. The Balaban J connectivity index is 1.44. The molecule has 0 unspecified atom stereocenters. The Hall–Kier alpha value is -2.40. The van der Waals surface area contributed by atoms with Gasteiger partial charge in [-0.05, 0) is 54.7 Å². The maximum atomic E-state index is 12.0. The average molecular weight is 338 g/mol. The number of hydrogen-bond acceptors (Lipinski definition) is 4. The Kier molecular flexibility index (Phi) is 6.01. The van der Waals surface area contributed by atoms with E-state index in [9.17, 15) is 4.79 Å². The van der Waals surface area contributed by atoms with E-state index < -0.39 is 0 Å². The van der Waals surface area contributed by atoms with Crippen molar-refractivity contribution in [3.8, 4) is 0 Å². The first-order valence-electron chi connectivity index (χ1n) is 8.95. The molecule has 1 aliphatic rings. The molecule has 1 aromatic heterocycles. The van der Waals surface area contributed by atoms with E-state index in [1.54, 1.807) is 12.4 Å². The predicted molar refractivity (Wildman–Crippen MR) is 102 cm³/mol. The normalized spacial score (nSPS) is 15.2. The van der Waals surface area contributed by atoms with Crippen molar-refractivity contribution in [2.75, 3.05) is 29.9 Å². The van der Waals surface area contributed by atoms with Crippen LogP contribution >= 0.6 is 0 Å². The molecule has 2 heterocycles. The zero-order valence-corrected chi connectivity index (χ0v) is 14.7. The number of amides is 1. The fraction of sp³-hybridized carbons (Fsp3) is 0.400. The molecule has 0 radical (unpaired) electrons. The van der Waals surface area contributed by atoms with E-state index in [-0.39, 0.29) is 12.5 Å². The summed E-state index contributed by atoms with van der Waals surface area (Å²) in [4.78, 5) is 18.5. The Labute approximate surface area is 149 Å². The SMILES string of the molecule is CC1CCN(c2ccc(NC(=O)CNCc3cccnc3)cc2)CC1. The Morgan fingerprint density at radius 3 is 2.64 bits per heavy atom. The van der Waals surface area contributed by atoms with Gasteiger partial charge in [-0.3, -0.25) is 9.78 Å². The fourth-order valence-corrected chi connectivity index (χ4v) is 3.05. The molecular weight excluding hydrogens is 312 g/mol. The summed E-state index contributed by atoms with van der Waals surface area (Å²) in [5, 5.41) is 6.06. The van der Waals surface area contributed by atoms with Gasteiger partial charge in [-0.15, -0.1) is 0 Å². The first-order chi connectivity index (χ1) is 12.2. The van der Waals surface area contributed by atoms with Gasteiger partial charge in [-0.25, -0.2) is 0 Å². The molecule has 1 fully saturated rings. The highest BCUT2D eigenvalue weighted by atomic mass is 16.1. The largest absolute Gasteiger partial charge is 0.372 e. The molecule has 2 aromatic rings. The number of rotatable bonds is 6. The number of pyridine rings is 1. The summed E-state index contributed by atoms with van der Waals surface area (Å²) in [6.07, 6.45) is 6.04. The predicted octanol–water partition coefficient (Wildman–Crippen LogP) is 3.05. The topological polar surface area (TPSA) is 57.3 Å². The van der Waals surface area contributed by atoms with Gasteiger partial charge in [0, 0.05) is 43.4 Å². The van der Waals surface area contributed by atoms with Crippen LogP contribution in [0.25, 0.3) is 0 Å². The summed E-state index contributed by atoms with van der Waals surface area (Å²) in [5.74, 6) is 0.789. The molecular formula is C20H26N4O. The van der Waals surface area contributed by atoms with Crippen molar-refractivity contribution in [1.82, 2.24) is 10.3 Å². The van der Waals surface area contributed by atoms with Crippen LogP contribution < -0.4 is 15.5 Å². The van der Waals surface area contributed by atoms with Gasteiger partial charge in [0.1, 0.15) is 0 Å². The van der Waals surface area contributed by atoms with Crippen LogP contribution in [-0.2, 0) is 11.3 Å². The van der Waals surface area contributed by atoms with Crippen molar-refractivity contribution in [1.29, 1.82) is 0 Å². The zero-order chi connectivity index (χ0) is 17.5. The summed E-state index contributed by atoms with van der Waals surface area (Å²) in [6.45, 7) is 5.46. The zero-order valence-electron chi connectivity index (χ0n) is 14.7. The van der Waals surface area contributed by atoms with Gasteiger partial charge in [0.25, 0.3) is 0 Å². The van der Waals surface area contributed by atoms with Crippen molar-refractivity contribution in [2.45, 2.75) is 26.3 Å². The summed E-state index contributed by atoms with van der Waals surface area (Å²) in [5.41, 5.74) is 3.14. The molecule has 5 heteroatoms. The highest BCUT2D eigenvalue weighted by Gasteiger charge is 2.15. The summed E-state index contributed by atoms with van der Waals surface area (Å²) in [7, 11) is 0. The van der Waals surface area contributed by atoms with Crippen LogP contribution in [0.1, 0.15) is 25.3 Å². The molecule has 5 nitrogen and oxygen atoms in total. The van der Waals surface area contributed by atoms with Gasteiger partial charge >= 0.3 is 0 Å². The maximum absolute atomic E-state index is 12.0. The molecule has 1 amide bonds. The Morgan fingerprint density at radius 2 is 1.96 bits per heavy atom. The maximum Gasteiger partial charge on any atom is 0.238 e. The van der Waals surface area contributed by atoms with E-state index >= 15 is 0 Å². The number of piperidine rings is 1.